The van der Waals surface area contributed by atoms with Crippen molar-refractivity contribution in [1.29, 1.82) is 5.26 Å². The van der Waals surface area contributed by atoms with E-state index < -0.39 is 6.29 Å². The molecule has 5 heteroatoms. The largest absolute Gasteiger partial charge is 0.383 e. The molecule has 1 aliphatic heterocycles. The normalized spacial score (nSPS) is 23.8. The number of hydrogen-bond acceptors (Lipinski definition) is 5. The quantitative estimate of drug-likeness (QED) is 0.382. The van der Waals surface area contributed by atoms with E-state index in [9.17, 15) is 0 Å². The third-order valence-corrected chi connectivity index (χ3v) is 1.07. The standard InChI is InChI=1S/C5H7N5/c6-1-3-2-9-5(8)10-4(3)7/h2,5,9H,8H2,(H2,7,10). The van der Waals surface area contributed by atoms with Crippen LogP contribution in [0.5, 0.6) is 0 Å². The minimum Gasteiger partial charge on any atom is -0.383 e. The van der Waals surface area contributed by atoms with Crippen molar-refractivity contribution in [3.63, 3.8) is 0 Å². The van der Waals surface area contributed by atoms with Crippen LogP contribution in [-0.2, 0) is 0 Å². The van der Waals surface area contributed by atoms with E-state index in [4.69, 9.17) is 16.7 Å². The molecule has 1 rings (SSSR count). The summed E-state index contributed by atoms with van der Waals surface area (Å²) >= 11 is 0. The van der Waals surface area contributed by atoms with Crippen molar-refractivity contribution in [2.75, 3.05) is 0 Å². The van der Waals surface area contributed by atoms with Crippen LogP contribution in [0, 0.1) is 11.3 Å². The molecule has 1 heterocycles. The monoisotopic (exact) mass is 137 g/mol. The van der Waals surface area contributed by atoms with Crippen LogP contribution in [0.1, 0.15) is 0 Å². The highest BCUT2D eigenvalue weighted by Crippen LogP contribution is 1.96. The van der Waals surface area contributed by atoms with Crippen molar-refractivity contribution in [1.82, 2.24) is 5.32 Å². The maximum atomic E-state index is 8.39. The van der Waals surface area contributed by atoms with Gasteiger partial charge >= 0.3 is 0 Å². The first-order valence-electron chi connectivity index (χ1n) is 2.69. The molecule has 0 saturated carbocycles. The van der Waals surface area contributed by atoms with E-state index in [1.807, 2.05) is 6.07 Å². The molecule has 5 N–H and O–H groups in total. The van der Waals surface area contributed by atoms with Crippen LogP contribution < -0.4 is 16.8 Å². The molecule has 1 aliphatic rings. The van der Waals surface area contributed by atoms with Gasteiger partial charge in [-0.05, 0) is 0 Å². The van der Waals surface area contributed by atoms with Crippen molar-refractivity contribution in [3.8, 4) is 6.07 Å². The Hall–Kier alpha value is -1.54. The van der Waals surface area contributed by atoms with Crippen LogP contribution >= 0.6 is 0 Å². The van der Waals surface area contributed by atoms with Crippen LogP contribution in [-0.4, -0.2) is 12.1 Å². The summed E-state index contributed by atoms with van der Waals surface area (Å²) in [5.74, 6) is 0.189. The fraction of sp³-hybridized carbons (Fsp3) is 0.200. The number of amidine groups is 1. The van der Waals surface area contributed by atoms with Gasteiger partial charge in [0, 0.05) is 6.20 Å². The second-order valence-electron chi connectivity index (χ2n) is 1.80. The highest BCUT2D eigenvalue weighted by Gasteiger charge is 2.08. The number of nitrogens with zero attached hydrogens (tertiary/aromatic N) is 2. The van der Waals surface area contributed by atoms with E-state index >= 15 is 0 Å². The number of rotatable bonds is 0. The van der Waals surface area contributed by atoms with Crippen LogP contribution in [0.4, 0.5) is 0 Å². The number of aliphatic imine (C=N–C) groups is 1. The van der Waals surface area contributed by atoms with Gasteiger partial charge in [-0.2, -0.15) is 5.26 Å². The van der Waals surface area contributed by atoms with Gasteiger partial charge < -0.3 is 11.1 Å². The van der Waals surface area contributed by atoms with E-state index in [2.05, 4.69) is 10.3 Å². The Bertz CT molecular complexity index is 233. The van der Waals surface area contributed by atoms with Gasteiger partial charge in [0.1, 0.15) is 17.5 Å². The van der Waals surface area contributed by atoms with Crippen LogP contribution in [0.2, 0.25) is 0 Å². The maximum absolute atomic E-state index is 8.39. The second-order valence-corrected chi connectivity index (χ2v) is 1.80. The molecule has 0 aromatic heterocycles. The SMILES string of the molecule is N#CC1=CNC(N)N=C1N. The molecule has 1 unspecified atom stereocenters. The van der Waals surface area contributed by atoms with Crippen LogP contribution in [0.15, 0.2) is 16.8 Å². The average Bonchev–Trinajstić information content (AvgIpc) is 1.88. The van der Waals surface area contributed by atoms with Gasteiger partial charge in [0.2, 0.25) is 0 Å². The maximum Gasteiger partial charge on any atom is 0.173 e. The van der Waals surface area contributed by atoms with Crippen molar-refractivity contribution in [2.24, 2.45) is 16.5 Å². The van der Waals surface area contributed by atoms with Crippen LogP contribution in [0.3, 0.4) is 0 Å². The van der Waals surface area contributed by atoms with Gasteiger partial charge in [0.25, 0.3) is 0 Å². The fourth-order valence-electron chi connectivity index (χ4n) is 0.589. The molecular weight excluding hydrogens is 130 g/mol. The average molecular weight is 137 g/mol. The Labute approximate surface area is 58.0 Å². The predicted molar refractivity (Wildman–Crippen MR) is 36.4 cm³/mol. The summed E-state index contributed by atoms with van der Waals surface area (Å²) in [6, 6.07) is 1.86. The van der Waals surface area contributed by atoms with Gasteiger partial charge in [-0.15, -0.1) is 0 Å². The van der Waals surface area contributed by atoms with E-state index in [1.165, 1.54) is 6.20 Å². The number of nitrogens with two attached hydrogens (primary N) is 2. The molecule has 0 aromatic carbocycles. The molecule has 10 heavy (non-hydrogen) atoms. The lowest BCUT2D eigenvalue weighted by molar-refractivity contribution is 0.632. The van der Waals surface area contributed by atoms with Crippen LogP contribution in [0.25, 0.3) is 0 Å². The lowest BCUT2D eigenvalue weighted by Crippen LogP contribution is -2.38. The first-order valence-corrected chi connectivity index (χ1v) is 2.69. The number of nitrogens with one attached hydrogen (secondary N) is 1. The lowest BCUT2D eigenvalue weighted by Gasteiger charge is -2.12. The van der Waals surface area contributed by atoms with Gasteiger partial charge in [0.05, 0.1) is 0 Å². The summed E-state index contributed by atoms with van der Waals surface area (Å²) in [5, 5.41) is 11.0. The molecule has 0 spiro atoms. The van der Waals surface area contributed by atoms with Gasteiger partial charge in [-0.25, -0.2) is 4.99 Å². The second kappa shape index (κ2) is 2.37. The molecule has 0 radical (unpaired) electrons. The molecule has 0 aliphatic carbocycles. The number of hydrogen-bond donors (Lipinski definition) is 3. The summed E-state index contributed by atoms with van der Waals surface area (Å²) in [5.41, 5.74) is 10.9. The third-order valence-electron chi connectivity index (χ3n) is 1.07. The molecule has 5 nitrogen and oxygen atoms in total. The first-order chi connectivity index (χ1) is 4.74. The molecule has 0 fully saturated rings. The molecule has 0 aromatic rings. The van der Waals surface area contributed by atoms with Crippen molar-refractivity contribution in [3.05, 3.63) is 11.8 Å². The van der Waals surface area contributed by atoms with E-state index in [0.29, 0.717) is 5.57 Å². The summed E-state index contributed by atoms with van der Waals surface area (Å²) in [4.78, 5) is 3.71. The minimum absolute atomic E-state index is 0.189. The van der Waals surface area contributed by atoms with E-state index in [-0.39, 0.29) is 5.84 Å². The zero-order chi connectivity index (χ0) is 7.56. The zero-order valence-electron chi connectivity index (χ0n) is 5.20. The highest BCUT2D eigenvalue weighted by molar-refractivity contribution is 6.00. The Morgan fingerprint density at radius 2 is 2.50 bits per heavy atom. The smallest absolute Gasteiger partial charge is 0.173 e. The number of nitriles is 1. The lowest BCUT2D eigenvalue weighted by atomic mass is 10.3. The van der Waals surface area contributed by atoms with Gasteiger partial charge in [-0.3, -0.25) is 5.73 Å². The zero-order valence-corrected chi connectivity index (χ0v) is 5.20. The van der Waals surface area contributed by atoms with Crippen molar-refractivity contribution < 1.29 is 0 Å². The Morgan fingerprint density at radius 3 is 3.00 bits per heavy atom. The van der Waals surface area contributed by atoms with Crippen molar-refractivity contribution >= 4 is 5.84 Å². The predicted octanol–water partition coefficient (Wildman–Crippen LogP) is -1.40. The highest BCUT2D eigenvalue weighted by atomic mass is 15.2. The summed E-state index contributed by atoms with van der Waals surface area (Å²) in [7, 11) is 0. The summed E-state index contributed by atoms with van der Waals surface area (Å²) in [6.45, 7) is 0. The van der Waals surface area contributed by atoms with E-state index in [0.717, 1.165) is 0 Å². The molecule has 52 valence electrons. The Kier molecular flexibility index (Phi) is 1.56. The van der Waals surface area contributed by atoms with E-state index in [1.54, 1.807) is 0 Å². The molecule has 1 atom stereocenters. The summed E-state index contributed by atoms with van der Waals surface area (Å²) in [6.07, 6.45) is 0.935. The minimum atomic E-state index is -0.517. The topological polar surface area (TPSA) is 100 Å². The summed E-state index contributed by atoms with van der Waals surface area (Å²) < 4.78 is 0. The molecule has 0 amide bonds. The molecule has 0 saturated heterocycles. The van der Waals surface area contributed by atoms with Crippen molar-refractivity contribution in [2.45, 2.75) is 6.29 Å². The van der Waals surface area contributed by atoms with Gasteiger partial charge in [-0.1, -0.05) is 0 Å². The first kappa shape index (κ1) is 6.58. The van der Waals surface area contributed by atoms with Gasteiger partial charge in [0.15, 0.2) is 6.29 Å². The Balaban J connectivity index is 2.84. The molecular formula is C5H7N5. The Morgan fingerprint density at radius 1 is 1.80 bits per heavy atom. The fourth-order valence-corrected chi connectivity index (χ4v) is 0.589. The molecule has 0 bridgehead atoms. The third kappa shape index (κ3) is 1.06.